The van der Waals surface area contributed by atoms with Crippen LogP contribution in [0.25, 0.3) is 0 Å². The second-order valence-electron chi connectivity index (χ2n) is 4.13. The van der Waals surface area contributed by atoms with Crippen molar-refractivity contribution in [2.45, 2.75) is 0 Å². The van der Waals surface area contributed by atoms with Crippen LogP contribution >= 0.6 is 11.6 Å². The van der Waals surface area contributed by atoms with Crippen LogP contribution in [-0.2, 0) is 9.53 Å². The molecule has 0 bridgehead atoms. The second kappa shape index (κ2) is 7.27. The summed E-state index contributed by atoms with van der Waals surface area (Å²) in [6.45, 7) is -0.630. The molecular formula is C13H9ClN4O5. The van der Waals surface area contributed by atoms with Crippen molar-refractivity contribution < 1.29 is 19.2 Å². The number of halogens is 1. The highest BCUT2D eigenvalue weighted by Gasteiger charge is 2.18. The van der Waals surface area contributed by atoms with E-state index in [1.165, 1.54) is 30.7 Å². The summed E-state index contributed by atoms with van der Waals surface area (Å²) in [6, 6.07) is 3.77. The van der Waals surface area contributed by atoms with E-state index in [9.17, 15) is 19.7 Å². The summed E-state index contributed by atoms with van der Waals surface area (Å²) in [6.07, 6.45) is 3.86. The Morgan fingerprint density at radius 1 is 1.35 bits per heavy atom. The van der Waals surface area contributed by atoms with Crippen molar-refractivity contribution in [3.05, 3.63) is 57.6 Å². The first-order chi connectivity index (χ1) is 11.0. The molecule has 1 heterocycles. The molecule has 2 aromatic rings. The molecule has 0 spiro atoms. The van der Waals surface area contributed by atoms with Crippen molar-refractivity contribution in [2.75, 3.05) is 11.9 Å². The van der Waals surface area contributed by atoms with Gasteiger partial charge in [-0.3, -0.25) is 19.9 Å². The van der Waals surface area contributed by atoms with Gasteiger partial charge in [0.15, 0.2) is 12.3 Å². The predicted octanol–water partition coefficient (Wildman–Crippen LogP) is 1.83. The number of hydrogen-bond acceptors (Lipinski definition) is 7. The lowest BCUT2D eigenvalue weighted by Gasteiger charge is -2.07. The molecular weight excluding hydrogens is 328 g/mol. The quantitative estimate of drug-likeness (QED) is 0.501. The topological polar surface area (TPSA) is 124 Å². The monoisotopic (exact) mass is 336 g/mol. The first-order valence-electron chi connectivity index (χ1n) is 6.14. The Morgan fingerprint density at radius 2 is 2.13 bits per heavy atom. The number of carbonyl (C=O) groups is 2. The fraction of sp³-hybridized carbons (Fsp3) is 0.0769. The van der Waals surface area contributed by atoms with Gasteiger partial charge in [-0.15, -0.1) is 0 Å². The minimum absolute atomic E-state index is 0.0556. The van der Waals surface area contributed by atoms with E-state index in [1.54, 1.807) is 0 Å². The third kappa shape index (κ3) is 4.45. The number of rotatable bonds is 5. The molecule has 0 aliphatic rings. The van der Waals surface area contributed by atoms with Crippen molar-refractivity contribution in [3.63, 3.8) is 0 Å². The van der Waals surface area contributed by atoms with E-state index in [-0.39, 0.29) is 22.1 Å². The molecule has 2 rings (SSSR count). The highest BCUT2D eigenvalue weighted by molar-refractivity contribution is 6.31. The van der Waals surface area contributed by atoms with E-state index >= 15 is 0 Å². The number of ether oxygens (including phenoxy) is 1. The summed E-state index contributed by atoms with van der Waals surface area (Å²) in [7, 11) is 0. The number of aromatic nitrogens is 2. The first-order valence-corrected chi connectivity index (χ1v) is 6.52. The summed E-state index contributed by atoms with van der Waals surface area (Å²) in [5.74, 6) is -1.58. The maximum atomic E-state index is 11.7. The van der Waals surface area contributed by atoms with Gasteiger partial charge in [0.25, 0.3) is 11.6 Å². The van der Waals surface area contributed by atoms with Gasteiger partial charge in [-0.25, -0.2) is 9.78 Å². The van der Waals surface area contributed by atoms with E-state index in [2.05, 4.69) is 15.3 Å². The van der Waals surface area contributed by atoms with Crippen LogP contribution in [0.2, 0.25) is 5.02 Å². The lowest BCUT2D eigenvalue weighted by atomic mass is 10.2. The van der Waals surface area contributed by atoms with Crippen LogP contribution in [-0.4, -0.2) is 33.4 Å². The fourth-order valence-corrected chi connectivity index (χ4v) is 1.72. The van der Waals surface area contributed by atoms with E-state index in [0.29, 0.717) is 0 Å². The van der Waals surface area contributed by atoms with Crippen LogP contribution in [0.4, 0.5) is 11.4 Å². The number of anilines is 1. The third-order valence-corrected chi connectivity index (χ3v) is 2.77. The van der Waals surface area contributed by atoms with Gasteiger partial charge in [0, 0.05) is 23.5 Å². The number of hydrogen-bond donors (Lipinski definition) is 1. The van der Waals surface area contributed by atoms with Crippen LogP contribution in [0.1, 0.15) is 10.5 Å². The number of benzene rings is 1. The molecule has 0 saturated heterocycles. The minimum atomic E-state index is -0.834. The van der Waals surface area contributed by atoms with Gasteiger partial charge in [0.1, 0.15) is 5.69 Å². The zero-order chi connectivity index (χ0) is 16.8. The molecule has 0 aliphatic carbocycles. The Labute approximate surface area is 134 Å². The predicted molar refractivity (Wildman–Crippen MR) is 79.1 cm³/mol. The zero-order valence-corrected chi connectivity index (χ0v) is 12.2. The van der Waals surface area contributed by atoms with Gasteiger partial charge in [-0.1, -0.05) is 11.6 Å². The lowest BCUT2D eigenvalue weighted by molar-refractivity contribution is -0.383. The highest BCUT2D eigenvalue weighted by Crippen LogP contribution is 2.27. The number of nitro groups is 1. The molecule has 1 amide bonds. The number of nitrogens with zero attached hydrogens (tertiary/aromatic N) is 3. The molecule has 0 atom stereocenters. The van der Waals surface area contributed by atoms with Gasteiger partial charge >= 0.3 is 5.97 Å². The summed E-state index contributed by atoms with van der Waals surface area (Å²) in [5.41, 5.74) is -0.483. The summed E-state index contributed by atoms with van der Waals surface area (Å²) in [5, 5.41) is 13.3. The van der Waals surface area contributed by atoms with E-state index in [4.69, 9.17) is 16.3 Å². The van der Waals surface area contributed by atoms with Crippen molar-refractivity contribution in [1.29, 1.82) is 0 Å². The molecule has 23 heavy (non-hydrogen) atoms. The largest absolute Gasteiger partial charge is 0.451 e. The van der Waals surface area contributed by atoms with Gasteiger partial charge < -0.3 is 10.1 Å². The number of amides is 1. The van der Waals surface area contributed by atoms with Crippen molar-refractivity contribution in [3.8, 4) is 0 Å². The molecule has 1 aromatic heterocycles. The molecule has 0 saturated carbocycles. The van der Waals surface area contributed by atoms with Gasteiger partial charge in [-0.2, -0.15) is 0 Å². The molecule has 1 N–H and O–H groups in total. The Kier molecular flexibility index (Phi) is 5.15. The van der Waals surface area contributed by atoms with Crippen LogP contribution in [0.3, 0.4) is 0 Å². The normalized spacial score (nSPS) is 9.96. The minimum Gasteiger partial charge on any atom is -0.451 e. The molecule has 1 aromatic carbocycles. The highest BCUT2D eigenvalue weighted by atomic mass is 35.5. The van der Waals surface area contributed by atoms with Crippen LogP contribution in [0, 0.1) is 10.1 Å². The maximum absolute atomic E-state index is 11.7. The molecule has 0 unspecified atom stereocenters. The molecule has 0 radical (unpaired) electrons. The van der Waals surface area contributed by atoms with Crippen LogP contribution in [0.5, 0.6) is 0 Å². The van der Waals surface area contributed by atoms with Crippen LogP contribution in [0.15, 0.2) is 36.8 Å². The Morgan fingerprint density at radius 3 is 2.78 bits per heavy atom. The van der Waals surface area contributed by atoms with Crippen molar-refractivity contribution in [2.24, 2.45) is 0 Å². The molecule has 10 heteroatoms. The Hall–Kier alpha value is -3.07. The number of nitro benzene ring substituents is 1. The van der Waals surface area contributed by atoms with Gasteiger partial charge in [0.05, 0.1) is 11.1 Å². The summed E-state index contributed by atoms with van der Waals surface area (Å²) < 4.78 is 4.74. The second-order valence-corrected chi connectivity index (χ2v) is 4.57. The standard InChI is InChI=1S/C13H9ClN4O5/c14-8-1-2-9(11(5-8)18(21)22)17-12(19)7-23-13(20)10-6-15-3-4-16-10/h1-6H,7H2,(H,17,19). The summed E-state index contributed by atoms with van der Waals surface area (Å²) >= 11 is 5.67. The summed E-state index contributed by atoms with van der Waals surface area (Å²) in [4.78, 5) is 40.9. The molecule has 0 fully saturated rings. The Bertz CT molecular complexity index is 753. The van der Waals surface area contributed by atoms with Crippen LogP contribution < -0.4 is 5.32 Å². The average molecular weight is 337 g/mol. The molecule has 0 aliphatic heterocycles. The van der Waals surface area contributed by atoms with E-state index in [0.717, 1.165) is 6.07 Å². The molecule has 118 valence electrons. The SMILES string of the molecule is O=C(COC(=O)c1cnccn1)Nc1ccc(Cl)cc1[N+](=O)[O-]. The van der Waals surface area contributed by atoms with Crippen molar-refractivity contribution in [1.82, 2.24) is 9.97 Å². The Balaban J connectivity index is 1.98. The van der Waals surface area contributed by atoms with Gasteiger partial charge in [-0.05, 0) is 12.1 Å². The average Bonchev–Trinajstić information content (AvgIpc) is 2.55. The van der Waals surface area contributed by atoms with Crippen molar-refractivity contribution >= 4 is 34.9 Å². The van der Waals surface area contributed by atoms with Gasteiger partial charge in [0.2, 0.25) is 0 Å². The zero-order valence-electron chi connectivity index (χ0n) is 11.4. The third-order valence-electron chi connectivity index (χ3n) is 2.54. The smallest absolute Gasteiger partial charge is 0.359 e. The van der Waals surface area contributed by atoms with E-state index < -0.39 is 23.4 Å². The fourth-order valence-electron chi connectivity index (χ4n) is 1.56. The van der Waals surface area contributed by atoms with E-state index in [1.807, 2.05) is 0 Å². The maximum Gasteiger partial charge on any atom is 0.359 e. The lowest BCUT2D eigenvalue weighted by Crippen LogP contribution is -2.21. The number of carbonyl (C=O) groups excluding carboxylic acids is 2. The number of nitrogens with one attached hydrogen (secondary N) is 1. The first kappa shape index (κ1) is 16.3. The number of esters is 1. The molecule has 9 nitrogen and oxygen atoms in total.